The van der Waals surface area contributed by atoms with Crippen LogP contribution in [0.25, 0.3) is 0 Å². The van der Waals surface area contributed by atoms with E-state index >= 15 is 0 Å². The number of halogens is 2. The SMILES string of the molecule is CCn1nc(C)c(Cl)c1CC1(CBr)CCOCC1. The minimum absolute atomic E-state index is 0.265. The zero-order chi connectivity index (χ0) is 13.2. The summed E-state index contributed by atoms with van der Waals surface area (Å²) in [7, 11) is 0. The monoisotopic (exact) mass is 334 g/mol. The Morgan fingerprint density at radius 3 is 2.67 bits per heavy atom. The Morgan fingerprint density at radius 2 is 2.11 bits per heavy atom. The van der Waals surface area contributed by atoms with E-state index in [2.05, 4.69) is 28.0 Å². The summed E-state index contributed by atoms with van der Waals surface area (Å²) in [6, 6.07) is 0. The molecular weight excluding hydrogens is 316 g/mol. The number of alkyl halides is 1. The molecule has 0 amide bonds. The highest BCUT2D eigenvalue weighted by Crippen LogP contribution is 2.38. The van der Waals surface area contributed by atoms with Gasteiger partial charge in [0.25, 0.3) is 0 Å². The summed E-state index contributed by atoms with van der Waals surface area (Å²) in [5.41, 5.74) is 2.38. The van der Waals surface area contributed by atoms with Gasteiger partial charge >= 0.3 is 0 Å². The van der Waals surface area contributed by atoms with E-state index in [9.17, 15) is 0 Å². The van der Waals surface area contributed by atoms with Crippen LogP contribution in [0.3, 0.4) is 0 Å². The second kappa shape index (κ2) is 5.93. The fourth-order valence-corrected chi connectivity index (χ4v) is 3.52. The minimum Gasteiger partial charge on any atom is -0.381 e. The molecule has 1 aromatic rings. The molecule has 0 aliphatic carbocycles. The van der Waals surface area contributed by atoms with E-state index in [0.29, 0.717) is 0 Å². The van der Waals surface area contributed by atoms with Crippen LogP contribution in [0.1, 0.15) is 31.2 Å². The second-order valence-corrected chi connectivity index (χ2v) is 6.02. The summed E-state index contributed by atoms with van der Waals surface area (Å²) < 4.78 is 7.52. The van der Waals surface area contributed by atoms with Crippen LogP contribution in [0.15, 0.2) is 0 Å². The first-order valence-corrected chi connectivity index (χ1v) is 7.97. The third kappa shape index (κ3) is 2.75. The molecule has 0 aromatic carbocycles. The van der Waals surface area contributed by atoms with Crippen LogP contribution in [-0.2, 0) is 17.7 Å². The van der Waals surface area contributed by atoms with Crippen LogP contribution in [0.5, 0.6) is 0 Å². The second-order valence-electron chi connectivity index (χ2n) is 5.08. The normalized spacial score (nSPS) is 19.1. The van der Waals surface area contributed by atoms with Crippen LogP contribution in [0.4, 0.5) is 0 Å². The summed E-state index contributed by atoms with van der Waals surface area (Å²) in [4.78, 5) is 0. The summed E-state index contributed by atoms with van der Waals surface area (Å²) >= 11 is 10.1. The zero-order valence-corrected chi connectivity index (χ0v) is 13.4. The highest BCUT2D eigenvalue weighted by Gasteiger charge is 2.34. The molecule has 0 spiro atoms. The molecule has 1 saturated heterocycles. The van der Waals surface area contributed by atoms with Crippen molar-refractivity contribution >= 4 is 27.5 Å². The maximum Gasteiger partial charge on any atom is 0.0847 e. The van der Waals surface area contributed by atoms with Gasteiger partial charge in [0.2, 0.25) is 0 Å². The third-order valence-electron chi connectivity index (χ3n) is 3.83. The zero-order valence-electron chi connectivity index (χ0n) is 11.0. The quantitative estimate of drug-likeness (QED) is 0.786. The van der Waals surface area contributed by atoms with Gasteiger partial charge in [-0.3, -0.25) is 4.68 Å². The summed E-state index contributed by atoms with van der Waals surface area (Å²) in [6.07, 6.45) is 3.15. The number of rotatable bonds is 4. The molecule has 2 heterocycles. The molecule has 0 N–H and O–H groups in total. The van der Waals surface area contributed by atoms with Gasteiger partial charge < -0.3 is 4.74 Å². The molecule has 0 atom stereocenters. The van der Waals surface area contributed by atoms with E-state index in [4.69, 9.17) is 16.3 Å². The van der Waals surface area contributed by atoms with Gasteiger partial charge in [-0.1, -0.05) is 27.5 Å². The lowest BCUT2D eigenvalue weighted by atomic mass is 9.78. The average molecular weight is 336 g/mol. The smallest absolute Gasteiger partial charge is 0.0847 e. The Labute approximate surface area is 122 Å². The van der Waals surface area contributed by atoms with Crippen LogP contribution >= 0.6 is 27.5 Å². The molecule has 18 heavy (non-hydrogen) atoms. The van der Waals surface area contributed by atoms with Crippen LogP contribution in [0, 0.1) is 12.3 Å². The molecule has 5 heteroatoms. The first kappa shape index (κ1) is 14.4. The summed E-state index contributed by atoms with van der Waals surface area (Å²) in [5.74, 6) is 0. The van der Waals surface area contributed by atoms with Gasteiger partial charge in [-0.25, -0.2) is 0 Å². The van der Waals surface area contributed by atoms with E-state index in [-0.39, 0.29) is 5.41 Å². The minimum atomic E-state index is 0.265. The van der Waals surface area contributed by atoms with Crippen molar-refractivity contribution in [1.82, 2.24) is 9.78 Å². The third-order valence-corrected chi connectivity index (χ3v) is 5.51. The van der Waals surface area contributed by atoms with Crippen molar-refractivity contribution < 1.29 is 4.74 Å². The Hall–Kier alpha value is -0.0600. The van der Waals surface area contributed by atoms with Gasteiger partial charge in [0.15, 0.2) is 0 Å². The van der Waals surface area contributed by atoms with Crippen molar-refractivity contribution in [2.75, 3.05) is 18.5 Å². The fourth-order valence-electron chi connectivity index (χ4n) is 2.56. The van der Waals surface area contributed by atoms with Crippen molar-refractivity contribution in [3.63, 3.8) is 0 Å². The standard InChI is InChI=1S/C13H20BrClN2O/c1-3-17-11(12(15)10(2)16-17)8-13(9-14)4-6-18-7-5-13/h3-9H2,1-2H3. The molecule has 1 fully saturated rings. The molecule has 0 unspecified atom stereocenters. The molecule has 0 saturated carbocycles. The largest absolute Gasteiger partial charge is 0.381 e. The lowest BCUT2D eigenvalue weighted by Crippen LogP contribution is -2.34. The predicted molar refractivity (Wildman–Crippen MR) is 77.6 cm³/mol. The summed E-state index contributed by atoms with van der Waals surface area (Å²) in [6.45, 7) is 6.66. The van der Waals surface area contributed by atoms with Crippen LogP contribution in [-0.4, -0.2) is 28.3 Å². The first-order valence-electron chi connectivity index (χ1n) is 6.47. The Bertz CT molecular complexity index is 413. The average Bonchev–Trinajstić information content (AvgIpc) is 2.67. The van der Waals surface area contributed by atoms with Crippen molar-refractivity contribution in [3.8, 4) is 0 Å². The molecule has 2 rings (SSSR count). The van der Waals surface area contributed by atoms with Crippen LogP contribution in [0.2, 0.25) is 5.02 Å². The van der Waals surface area contributed by atoms with Crippen molar-refractivity contribution in [2.24, 2.45) is 5.41 Å². The number of hydrogen-bond acceptors (Lipinski definition) is 2. The van der Waals surface area contributed by atoms with Gasteiger partial charge in [-0.05, 0) is 38.5 Å². The van der Waals surface area contributed by atoms with Crippen molar-refractivity contribution in [1.29, 1.82) is 0 Å². The number of hydrogen-bond donors (Lipinski definition) is 0. The number of nitrogens with zero attached hydrogens (tertiary/aromatic N) is 2. The Morgan fingerprint density at radius 1 is 1.44 bits per heavy atom. The predicted octanol–water partition coefficient (Wildman–Crippen LogP) is 3.60. The van der Waals surface area contributed by atoms with Gasteiger partial charge in [-0.2, -0.15) is 5.10 Å². The molecule has 0 bridgehead atoms. The first-order chi connectivity index (χ1) is 8.62. The number of aryl methyl sites for hydroxylation is 2. The van der Waals surface area contributed by atoms with Crippen molar-refractivity contribution in [3.05, 3.63) is 16.4 Å². The fraction of sp³-hybridized carbons (Fsp3) is 0.769. The molecule has 102 valence electrons. The van der Waals surface area contributed by atoms with E-state index in [1.807, 2.05) is 11.6 Å². The maximum absolute atomic E-state index is 6.40. The lowest BCUT2D eigenvalue weighted by molar-refractivity contribution is 0.0261. The van der Waals surface area contributed by atoms with Crippen LogP contribution < -0.4 is 0 Å². The van der Waals surface area contributed by atoms with E-state index in [1.54, 1.807) is 0 Å². The topological polar surface area (TPSA) is 27.1 Å². The molecule has 0 radical (unpaired) electrons. The van der Waals surface area contributed by atoms with Gasteiger partial charge in [0.05, 0.1) is 16.4 Å². The van der Waals surface area contributed by atoms with E-state index < -0.39 is 0 Å². The number of aromatic nitrogens is 2. The highest BCUT2D eigenvalue weighted by atomic mass is 79.9. The van der Waals surface area contributed by atoms with E-state index in [0.717, 1.165) is 55.1 Å². The molecule has 1 aliphatic heterocycles. The Balaban J connectivity index is 2.26. The molecule has 1 aliphatic rings. The van der Waals surface area contributed by atoms with Gasteiger partial charge in [-0.15, -0.1) is 0 Å². The maximum atomic E-state index is 6.40. The molecular formula is C13H20BrClN2O. The lowest BCUT2D eigenvalue weighted by Gasteiger charge is -2.35. The summed E-state index contributed by atoms with van der Waals surface area (Å²) in [5, 5.41) is 6.33. The van der Waals surface area contributed by atoms with Gasteiger partial charge in [0.1, 0.15) is 0 Å². The molecule has 1 aromatic heterocycles. The highest BCUT2D eigenvalue weighted by molar-refractivity contribution is 9.09. The molecule has 3 nitrogen and oxygen atoms in total. The number of ether oxygens (including phenoxy) is 1. The van der Waals surface area contributed by atoms with E-state index in [1.165, 1.54) is 5.69 Å². The van der Waals surface area contributed by atoms with Crippen molar-refractivity contribution in [2.45, 2.75) is 39.7 Å². The van der Waals surface area contributed by atoms with Gasteiger partial charge in [0, 0.05) is 25.1 Å². The Kier molecular flexibility index (Phi) is 4.73.